The Balaban J connectivity index is 2.56. The van der Waals surface area contributed by atoms with E-state index in [2.05, 4.69) is 15.6 Å². The molecule has 0 saturated heterocycles. The van der Waals surface area contributed by atoms with Crippen LogP contribution in [0.4, 0.5) is 9.93 Å². The number of urea groups is 1. The van der Waals surface area contributed by atoms with Gasteiger partial charge in [0.1, 0.15) is 6.04 Å². The van der Waals surface area contributed by atoms with Gasteiger partial charge in [0.05, 0.1) is 5.69 Å². The number of nitrogens with zero attached hydrogens (tertiary/aromatic N) is 1. The molecule has 1 atom stereocenters. The van der Waals surface area contributed by atoms with Crippen LogP contribution in [0, 0.1) is 0 Å². The summed E-state index contributed by atoms with van der Waals surface area (Å²) in [5, 5.41) is 24.3. The molecule has 8 nitrogen and oxygen atoms in total. The minimum absolute atomic E-state index is 0.187. The number of hydrogen-bond donors (Lipinski definition) is 4. The van der Waals surface area contributed by atoms with Gasteiger partial charge in [0.2, 0.25) is 0 Å². The van der Waals surface area contributed by atoms with E-state index in [1.807, 2.05) is 13.8 Å². The molecule has 1 unspecified atom stereocenters. The highest BCUT2D eigenvalue weighted by atomic mass is 32.1. The van der Waals surface area contributed by atoms with Crippen molar-refractivity contribution in [3.05, 3.63) is 11.1 Å². The van der Waals surface area contributed by atoms with Crippen LogP contribution in [0.1, 0.15) is 38.3 Å². The number of aliphatic carboxylic acids is 2. The van der Waals surface area contributed by atoms with Crippen LogP contribution in [0.3, 0.4) is 0 Å². The lowest BCUT2D eigenvalue weighted by Gasteiger charge is -2.13. The van der Waals surface area contributed by atoms with E-state index in [1.165, 1.54) is 11.3 Å². The van der Waals surface area contributed by atoms with Crippen LogP contribution >= 0.6 is 11.3 Å². The molecule has 0 aromatic carbocycles. The molecule has 0 aliphatic heterocycles. The Hall–Kier alpha value is -2.16. The molecule has 116 valence electrons. The molecule has 21 heavy (non-hydrogen) atoms. The van der Waals surface area contributed by atoms with Crippen molar-refractivity contribution in [3.63, 3.8) is 0 Å². The Morgan fingerprint density at radius 3 is 2.48 bits per heavy atom. The third-order valence-electron chi connectivity index (χ3n) is 2.58. The molecule has 0 fully saturated rings. The molecule has 2 amide bonds. The number of carboxylic acids is 2. The van der Waals surface area contributed by atoms with Crippen LogP contribution in [-0.4, -0.2) is 39.2 Å². The largest absolute Gasteiger partial charge is 0.481 e. The van der Waals surface area contributed by atoms with Crippen molar-refractivity contribution in [2.24, 2.45) is 0 Å². The van der Waals surface area contributed by atoms with E-state index in [-0.39, 0.29) is 18.8 Å². The number of aromatic nitrogens is 1. The lowest BCUT2D eigenvalue weighted by Crippen LogP contribution is -2.43. The molecule has 0 saturated carbocycles. The second kappa shape index (κ2) is 7.58. The molecule has 1 aromatic heterocycles. The minimum atomic E-state index is -1.28. The summed E-state index contributed by atoms with van der Waals surface area (Å²) < 4.78 is 0. The van der Waals surface area contributed by atoms with Crippen molar-refractivity contribution < 1.29 is 24.6 Å². The number of nitrogens with one attached hydrogen (secondary N) is 2. The second-order valence-electron chi connectivity index (χ2n) is 4.65. The standard InChI is InChI=1S/C12H17N3O5S/c1-6(2)8-5-21-12(14-8)15-11(20)13-7(10(18)19)3-4-9(16)17/h5-7H,3-4H2,1-2H3,(H,16,17)(H,18,19)(H2,13,14,15,20). The fourth-order valence-electron chi connectivity index (χ4n) is 1.43. The first-order valence-corrected chi connectivity index (χ1v) is 7.15. The van der Waals surface area contributed by atoms with Gasteiger partial charge in [-0.3, -0.25) is 10.1 Å². The number of carbonyl (C=O) groups is 3. The van der Waals surface area contributed by atoms with Crippen molar-refractivity contribution in [1.29, 1.82) is 0 Å². The monoisotopic (exact) mass is 315 g/mol. The smallest absolute Gasteiger partial charge is 0.326 e. The fourth-order valence-corrected chi connectivity index (χ4v) is 2.29. The van der Waals surface area contributed by atoms with Gasteiger partial charge in [0.25, 0.3) is 0 Å². The van der Waals surface area contributed by atoms with Crippen molar-refractivity contribution in [3.8, 4) is 0 Å². The van der Waals surface area contributed by atoms with Crippen molar-refractivity contribution in [2.45, 2.75) is 38.6 Å². The molecule has 1 rings (SSSR count). The van der Waals surface area contributed by atoms with Crippen molar-refractivity contribution in [2.75, 3.05) is 5.32 Å². The minimum Gasteiger partial charge on any atom is -0.481 e. The molecular weight excluding hydrogens is 298 g/mol. The summed E-state index contributed by atoms with van der Waals surface area (Å²) in [5.74, 6) is -2.18. The van der Waals surface area contributed by atoms with Gasteiger partial charge in [-0.1, -0.05) is 13.8 Å². The summed E-state index contributed by atoms with van der Waals surface area (Å²) in [6.07, 6.45) is -0.529. The Labute approximate surface area is 125 Å². The predicted molar refractivity (Wildman–Crippen MR) is 76.7 cm³/mol. The topological polar surface area (TPSA) is 129 Å². The summed E-state index contributed by atoms with van der Waals surface area (Å²) >= 11 is 1.24. The lowest BCUT2D eigenvalue weighted by atomic mass is 10.1. The second-order valence-corrected chi connectivity index (χ2v) is 5.51. The maximum absolute atomic E-state index is 11.7. The van der Waals surface area contributed by atoms with Gasteiger partial charge in [0.15, 0.2) is 5.13 Å². The number of amides is 2. The van der Waals surface area contributed by atoms with Crippen molar-refractivity contribution in [1.82, 2.24) is 10.3 Å². The van der Waals surface area contributed by atoms with Crippen LogP contribution in [0.15, 0.2) is 5.38 Å². The van der Waals surface area contributed by atoms with Crippen LogP contribution in [0.5, 0.6) is 0 Å². The summed E-state index contributed by atoms with van der Waals surface area (Å²) in [6.45, 7) is 3.93. The molecule has 0 spiro atoms. The molecule has 1 heterocycles. The van der Waals surface area contributed by atoms with E-state index in [0.29, 0.717) is 5.13 Å². The zero-order chi connectivity index (χ0) is 16.0. The highest BCUT2D eigenvalue weighted by Crippen LogP contribution is 2.21. The molecule has 4 N–H and O–H groups in total. The maximum Gasteiger partial charge on any atom is 0.326 e. The van der Waals surface area contributed by atoms with E-state index < -0.39 is 24.0 Å². The summed E-state index contributed by atoms with van der Waals surface area (Å²) in [6, 6.07) is -1.98. The number of hydrogen-bond acceptors (Lipinski definition) is 5. The Morgan fingerprint density at radius 1 is 1.33 bits per heavy atom. The summed E-state index contributed by atoms with van der Waals surface area (Å²) in [4.78, 5) is 37.3. The van der Waals surface area contributed by atoms with Gasteiger partial charge in [0, 0.05) is 11.8 Å². The number of thiazole rings is 1. The SMILES string of the molecule is CC(C)c1csc(NC(=O)NC(CCC(=O)O)C(=O)O)n1. The third-order valence-corrected chi connectivity index (χ3v) is 3.36. The van der Waals surface area contributed by atoms with Gasteiger partial charge in [-0.2, -0.15) is 0 Å². The van der Waals surface area contributed by atoms with Gasteiger partial charge in [-0.05, 0) is 12.3 Å². The summed E-state index contributed by atoms with van der Waals surface area (Å²) in [7, 11) is 0. The van der Waals surface area contributed by atoms with E-state index in [9.17, 15) is 14.4 Å². The first kappa shape index (κ1) is 16.9. The quantitative estimate of drug-likeness (QED) is 0.606. The van der Waals surface area contributed by atoms with Crippen LogP contribution < -0.4 is 10.6 Å². The van der Waals surface area contributed by atoms with Crippen LogP contribution in [0.25, 0.3) is 0 Å². The predicted octanol–water partition coefficient (Wildman–Crippen LogP) is 1.71. The Bertz CT molecular complexity index is 529. The average molecular weight is 315 g/mol. The highest BCUT2D eigenvalue weighted by molar-refractivity contribution is 7.13. The third kappa shape index (κ3) is 5.78. The zero-order valence-electron chi connectivity index (χ0n) is 11.6. The summed E-state index contributed by atoms with van der Waals surface area (Å²) in [5.41, 5.74) is 0.830. The lowest BCUT2D eigenvalue weighted by molar-refractivity contribution is -0.140. The number of anilines is 1. The molecule has 9 heteroatoms. The fraction of sp³-hybridized carbons (Fsp3) is 0.500. The van der Waals surface area contributed by atoms with E-state index in [1.54, 1.807) is 5.38 Å². The van der Waals surface area contributed by atoms with E-state index in [4.69, 9.17) is 10.2 Å². The van der Waals surface area contributed by atoms with E-state index in [0.717, 1.165) is 5.69 Å². The van der Waals surface area contributed by atoms with Crippen molar-refractivity contribution >= 4 is 34.4 Å². The number of carbonyl (C=O) groups excluding carboxylic acids is 1. The van der Waals surface area contributed by atoms with E-state index >= 15 is 0 Å². The molecule has 0 radical (unpaired) electrons. The van der Waals surface area contributed by atoms with Gasteiger partial charge in [-0.15, -0.1) is 11.3 Å². The van der Waals surface area contributed by atoms with Gasteiger partial charge >= 0.3 is 18.0 Å². The number of carboxylic acid groups (broad SMARTS) is 2. The average Bonchev–Trinajstić information content (AvgIpc) is 2.82. The zero-order valence-corrected chi connectivity index (χ0v) is 12.4. The first-order chi connectivity index (χ1) is 9.79. The maximum atomic E-state index is 11.7. The normalized spacial score (nSPS) is 12.0. The molecule has 0 aliphatic carbocycles. The van der Waals surface area contributed by atoms with Crippen LogP contribution in [-0.2, 0) is 9.59 Å². The van der Waals surface area contributed by atoms with Crippen LogP contribution in [0.2, 0.25) is 0 Å². The van der Waals surface area contributed by atoms with Gasteiger partial charge in [-0.25, -0.2) is 14.6 Å². The molecular formula is C12H17N3O5S. The molecule has 0 aliphatic rings. The Morgan fingerprint density at radius 2 is 2.00 bits per heavy atom. The molecule has 0 bridgehead atoms. The van der Waals surface area contributed by atoms with Gasteiger partial charge < -0.3 is 15.5 Å². The number of rotatable bonds is 7. The highest BCUT2D eigenvalue weighted by Gasteiger charge is 2.21. The Kier molecular flexibility index (Phi) is 6.10. The first-order valence-electron chi connectivity index (χ1n) is 6.27. The molecule has 1 aromatic rings.